The van der Waals surface area contributed by atoms with Crippen LogP contribution in [0.1, 0.15) is 24.0 Å². The smallest absolute Gasteiger partial charge is 0.191 e. The molecule has 1 atom stereocenters. The highest BCUT2D eigenvalue weighted by Gasteiger charge is 2.14. The summed E-state index contributed by atoms with van der Waals surface area (Å²) in [4.78, 5) is 8.43. The predicted molar refractivity (Wildman–Crippen MR) is 103 cm³/mol. The Labute approximate surface area is 149 Å². The van der Waals surface area contributed by atoms with E-state index in [4.69, 9.17) is 0 Å². The highest BCUT2D eigenvalue weighted by Crippen LogP contribution is 2.16. The summed E-state index contributed by atoms with van der Waals surface area (Å²) in [6.45, 7) is 3.00. The minimum absolute atomic E-state index is 0. The van der Waals surface area contributed by atoms with Crippen LogP contribution in [0.15, 0.2) is 23.5 Å². The molecule has 0 saturated carbocycles. The molecule has 1 saturated heterocycles. The summed E-state index contributed by atoms with van der Waals surface area (Å²) in [7, 11) is 1.84. The first kappa shape index (κ1) is 18.5. The second kappa shape index (κ2) is 10.3. The maximum atomic E-state index is 4.31. The van der Waals surface area contributed by atoms with Gasteiger partial charge in [-0.3, -0.25) is 9.98 Å². The number of hydrogen-bond donors (Lipinski definition) is 2. The number of rotatable bonds is 4. The lowest BCUT2D eigenvalue weighted by atomic mass is 10.1. The summed E-state index contributed by atoms with van der Waals surface area (Å²) in [6.07, 6.45) is 7.32. The van der Waals surface area contributed by atoms with Crippen molar-refractivity contribution >= 4 is 41.7 Å². The van der Waals surface area contributed by atoms with E-state index in [1.165, 1.54) is 35.5 Å². The molecule has 1 unspecified atom stereocenters. The zero-order valence-electron chi connectivity index (χ0n) is 12.8. The van der Waals surface area contributed by atoms with Gasteiger partial charge in [-0.1, -0.05) is 0 Å². The van der Waals surface area contributed by atoms with Crippen molar-refractivity contribution in [1.82, 2.24) is 15.6 Å². The molecule has 0 radical (unpaired) electrons. The van der Waals surface area contributed by atoms with Crippen LogP contribution in [0, 0.1) is 6.92 Å². The molecule has 2 N–H and O–H groups in total. The lowest BCUT2D eigenvalue weighted by Crippen LogP contribution is -2.46. The molecule has 6 heteroatoms. The SMILES string of the molecule is CN=C(NCCc1ccncc1C)NC1CCCSC1.I. The van der Waals surface area contributed by atoms with Crippen LogP contribution in [-0.2, 0) is 6.42 Å². The first-order chi connectivity index (χ1) is 9.79. The standard InChI is InChI=1S/C15H24N4S.HI/c1-12-10-17-7-5-13(12)6-8-18-15(16-2)19-14-4-3-9-20-11-14;/h5,7,10,14H,3-4,6,8-9,11H2,1-2H3,(H2,16,18,19);1H. The molecule has 2 heterocycles. The highest BCUT2D eigenvalue weighted by molar-refractivity contribution is 14.0. The molecule has 1 aliphatic rings. The number of nitrogens with zero attached hydrogens (tertiary/aromatic N) is 2. The van der Waals surface area contributed by atoms with Crippen molar-refractivity contribution in [1.29, 1.82) is 0 Å². The third-order valence-electron chi connectivity index (χ3n) is 3.55. The van der Waals surface area contributed by atoms with Gasteiger partial charge < -0.3 is 10.6 Å². The van der Waals surface area contributed by atoms with E-state index < -0.39 is 0 Å². The minimum Gasteiger partial charge on any atom is -0.356 e. The quantitative estimate of drug-likeness (QED) is 0.447. The van der Waals surface area contributed by atoms with E-state index in [0.29, 0.717) is 6.04 Å². The minimum atomic E-state index is 0. The molecule has 1 fully saturated rings. The van der Waals surface area contributed by atoms with Crippen molar-refractivity contribution in [2.45, 2.75) is 32.2 Å². The fourth-order valence-corrected chi connectivity index (χ4v) is 3.41. The Kier molecular flexibility index (Phi) is 9.07. The second-order valence-corrected chi connectivity index (χ2v) is 6.26. The fraction of sp³-hybridized carbons (Fsp3) is 0.600. The van der Waals surface area contributed by atoms with Crippen molar-refractivity contribution in [3.63, 3.8) is 0 Å². The molecule has 1 aliphatic heterocycles. The number of halogens is 1. The Morgan fingerprint density at radius 1 is 1.52 bits per heavy atom. The molecule has 0 aromatic carbocycles. The van der Waals surface area contributed by atoms with Gasteiger partial charge in [-0.25, -0.2) is 0 Å². The maximum Gasteiger partial charge on any atom is 0.191 e. The Morgan fingerprint density at radius 3 is 3.05 bits per heavy atom. The topological polar surface area (TPSA) is 49.3 Å². The number of aryl methyl sites for hydroxylation is 1. The molecular formula is C15H25IN4S. The Morgan fingerprint density at radius 2 is 2.38 bits per heavy atom. The molecule has 0 spiro atoms. The molecule has 0 amide bonds. The molecule has 1 aromatic rings. The van der Waals surface area contributed by atoms with Crippen LogP contribution in [0.5, 0.6) is 0 Å². The van der Waals surface area contributed by atoms with Crippen molar-refractivity contribution < 1.29 is 0 Å². The largest absolute Gasteiger partial charge is 0.356 e. The zero-order valence-corrected chi connectivity index (χ0v) is 15.9. The normalized spacial score (nSPS) is 18.8. The van der Waals surface area contributed by atoms with Crippen LogP contribution in [0.3, 0.4) is 0 Å². The van der Waals surface area contributed by atoms with E-state index in [9.17, 15) is 0 Å². The Hall–Kier alpha value is -0.500. The Bertz CT molecular complexity index is 447. The van der Waals surface area contributed by atoms with Gasteiger partial charge >= 0.3 is 0 Å². The molecule has 2 rings (SSSR count). The van der Waals surface area contributed by atoms with Crippen LogP contribution in [0.4, 0.5) is 0 Å². The third-order valence-corrected chi connectivity index (χ3v) is 4.76. The lowest BCUT2D eigenvalue weighted by Gasteiger charge is -2.24. The van der Waals surface area contributed by atoms with Crippen LogP contribution in [0.25, 0.3) is 0 Å². The first-order valence-corrected chi connectivity index (χ1v) is 8.39. The van der Waals surface area contributed by atoms with E-state index in [1.807, 2.05) is 31.2 Å². The van der Waals surface area contributed by atoms with E-state index in [2.05, 4.69) is 33.6 Å². The summed E-state index contributed by atoms with van der Waals surface area (Å²) < 4.78 is 0. The summed E-state index contributed by atoms with van der Waals surface area (Å²) in [6, 6.07) is 2.65. The average molecular weight is 420 g/mol. The molecule has 4 nitrogen and oxygen atoms in total. The fourth-order valence-electron chi connectivity index (χ4n) is 2.34. The third kappa shape index (κ3) is 6.42. The van der Waals surface area contributed by atoms with Crippen LogP contribution >= 0.6 is 35.7 Å². The van der Waals surface area contributed by atoms with Gasteiger partial charge in [-0.15, -0.1) is 24.0 Å². The van der Waals surface area contributed by atoms with Crippen LogP contribution in [-0.4, -0.2) is 42.1 Å². The molecule has 21 heavy (non-hydrogen) atoms. The number of aromatic nitrogens is 1. The van der Waals surface area contributed by atoms with Gasteiger partial charge in [-0.05, 0) is 49.1 Å². The lowest BCUT2D eigenvalue weighted by molar-refractivity contribution is 0.582. The summed E-state index contributed by atoms with van der Waals surface area (Å²) >= 11 is 2.03. The molecular weight excluding hydrogens is 395 g/mol. The monoisotopic (exact) mass is 420 g/mol. The van der Waals surface area contributed by atoms with Gasteiger partial charge in [0.2, 0.25) is 0 Å². The van der Waals surface area contributed by atoms with Crippen LogP contribution < -0.4 is 10.6 Å². The predicted octanol–water partition coefficient (Wildman–Crippen LogP) is 2.61. The van der Waals surface area contributed by atoms with Crippen molar-refractivity contribution in [3.05, 3.63) is 29.6 Å². The van der Waals surface area contributed by atoms with Gasteiger partial charge in [0, 0.05) is 37.8 Å². The molecule has 118 valence electrons. The van der Waals surface area contributed by atoms with Crippen molar-refractivity contribution in [3.8, 4) is 0 Å². The van der Waals surface area contributed by atoms with E-state index >= 15 is 0 Å². The van der Waals surface area contributed by atoms with E-state index in [0.717, 1.165) is 18.9 Å². The van der Waals surface area contributed by atoms with Gasteiger partial charge in [0.25, 0.3) is 0 Å². The molecule has 1 aromatic heterocycles. The molecule has 0 bridgehead atoms. The number of thioether (sulfide) groups is 1. The number of guanidine groups is 1. The summed E-state index contributed by atoms with van der Waals surface area (Å²) in [5.74, 6) is 3.40. The van der Waals surface area contributed by atoms with E-state index in [1.54, 1.807) is 0 Å². The number of hydrogen-bond acceptors (Lipinski definition) is 3. The van der Waals surface area contributed by atoms with Gasteiger partial charge in [0.05, 0.1) is 0 Å². The van der Waals surface area contributed by atoms with Crippen molar-refractivity contribution in [2.75, 3.05) is 25.1 Å². The Balaban J connectivity index is 0.00000220. The first-order valence-electron chi connectivity index (χ1n) is 7.24. The number of aliphatic imine (C=N–C) groups is 1. The number of pyridine rings is 1. The van der Waals surface area contributed by atoms with Gasteiger partial charge in [-0.2, -0.15) is 11.8 Å². The van der Waals surface area contributed by atoms with Crippen LogP contribution in [0.2, 0.25) is 0 Å². The maximum absolute atomic E-state index is 4.31. The highest BCUT2D eigenvalue weighted by atomic mass is 127. The molecule has 0 aliphatic carbocycles. The summed E-state index contributed by atoms with van der Waals surface area (Å²) in [5, 5.41) is 6.91. The van der Waals surface area contributed by atoms with E-state index in [-0.39, 0.29) is 24.0 Å². The number of nitrogens with one attached hydrogen (secondary N) is 2. The second-order valence-electron chi connectivity index (χ2n) is 5.11. The van der Waals surface area contributed by atoms with Gasteiger partial charge in [0.15, 0.2) is 5.96 Å². The van der Waals surface area contributed by atoms with Gasteiger partial charge in [0.1, 0.15) is 0 Å². The summed E-state index contributed by atoms with van der Waals surface area (Å²) in [5.41, 5.74) is 2.59. The average Bonchev–Trinajstić information content (AvgIpc) is 2.49. The zero-order chi connectivity index (χ0) is 14.2. The van der Waals surface area contributed by atoms with Crippen molar-refractivity contribution in [2.24, 2.45) is 4.99 Å².